The maximum atomic E-state index is 12.6. The lowest BCUT2D eigenvalue weighted by Crippen LogP contribution is -2.52. The molecule has 0 bridgehead atoms. The fourth-order valence-corrected chi connectivity index (χ4v) is 4.09. The number of morpholine rings is 1. The fraction of sp³-hybridized carbons (Fsp3) is 0.259. The molecule has 0 saturated carbocycles. The molecule has 1 fully saturated rings. The molecule has 2 N–H and O–H groups in total. The predicted molar refractivity (Wildman–Crippen MR) is 128 cm³/mol. The largest absolute Gasteiger partial charge is 0.497 e. The van der Waals surface area contributed by atoms with Gasteiger partial charge in [-0.25, -0.2) is 0 Å². The number of hydrogen-bond acceptors (Lipinski definition) is 5. The van der Waals surface area contributed by atoms with Crippen LogP contribution in [0.2, 0.25) is 0 Å². The van der Waals surface area contributed by atoms with Crippen LogP contribution in [0.4, 0.5) is 5.69 Å². The summed E-state index contributed by atoms with van der Waals surface area (Å²) in [7, 11) is 1.60. The van der Waals surface area contributed by atoms with Gasteiger partial charge in [0.1, 0.15) is 18.5 Å². The molecule has 3 aromatic rings. The summed E-state index contributed by atoms with van der Waals surface area (Å²) in [5.41, 5.74) is 3.38. The van der Waals surface area contributed by atoms with E-state index < -0.39 is 12.1 Å². The van der Waals surface area contributed by atoms with E-state index >= 15 is 0 Å². The monoisotopic (exact) mass is 460 g/mol. The number of carbonyl (C=O) groups excluding carboxylic acids is 2. The van der Waals surface area contributed by atoms with Crippen molar-refractivity contribution >= 4 is 17.5 Å². The van der Waals surface area contributed by atoms with Gasteiger partial charge in [0.25, 0.3) is 0 Å². The second kappa shape index (κ2) is 11.0. The van der Waals surface area contributed by atoms with E-state index in [0.717, 1.165) is 22.4 Å². The molecular weight excluding hydrogens is 432 g/mol. The summed E-state index contributed by atoms with van der Waals surface area (Å²) in [6.45, 7) is 0.0660. The van der Waals surface area contributed by atoms with Crippen LogP contribution in [0.25, 0.3) is 0 Å². The van der Waals surface area contributed by atoms with Crippen LogP contribution in [-0.2, 0) is 27.3 Å². The number of benzene rings is 3. The predicted octanol–water partition coefficient (Wildman–Crippen LogP) is 3.34. The molecule has 2 unspecified atom stereocenters. The second-order valence-corrected chi connectivity index (χ2v) is 8.18. The molecule has 3 aromatic carbocycles. The fourth-order valence-electron chi connectivity index (χ4n) is 4.09. The number of methoxy groups -OCH3 is 1. The molecule has 2 amide bonds. The van der Waals surface area contributed by atoms with Crippen molar-refractivity contribution in [1.82, 2.24) is 4.90 Å². The van der Waals surface area contributed by atoms with Crippen LogP contribution in [0.5, 0.6) is 5.75 Å². The number of aliphatic hydroxyl groups excluding tert-OH is 1. The molecule has 1 aliphatic heterocycles. The van der Waals surface area contributed by atoms with Crippen LogP contribution in [-0.4, -0.2) is 48.2 Å². The first-order valence-electron chi connectivity index (χ1n) is 11.2. The minimum Gasteiger partial charge on any atom is -0.497 e. The number of nitrogens with zero attached hydrogens (tertiary/aromatic N) is 1. The van der Waals surface area contributed by atoms with E-state index in [2.05, 4.69) is 5.32 Å². The van der Waals surface area contributed by atoms with Gasteiger partial charge in [0.15, 0.2) is 0 Å². The molecule has 0 radical (unpaired) electrons. The van der Waals surface area contributed by atoms with Crippen LogP contribution < -0.4 is 10.1 Å². The normalized spacial score (nSPS) is 17.9. The molecule has 7 heteroatoms. The summed E-state index contributed by atoms with van der Waals surface area (Å²) >= 11 is 0. The molecule has 1 heterocycles. The van der Waals surface area contributed by atoms with Gasteiger partial charge in [0, 0.05) is 12.2 Å². The van der Waals surface area contributed by atoms with Gasteiger partial charge >= 0.3 is 0 Å². The van der Waals surface area contributed by atoms with Crippen LogP contribution in [0.15, 0.2) is 78.9 Å². The Morgan fingerprint density at radius 3 is 2.38 bits per heavy atom. The van der Waals surface area contributed by atoms with E-state index in [-0.39, 0.29) is 25.0 Å². The van der Waals surface area contributed by atoms with Crippen molar-refractivity contribution in [1.29, 1.82) is 0 Å². The standard InChI is InChI=1S/C27H28N2O5/c1-33-23-13-7-20(8-14-23)16-29-24(17-30)27(34-18-26(29)32)21-9-11-22(12-10-21)28-25(31)15-19-5-3-2-4-6-19/h2-14,24,27,30H,15-18H2,1H3,(H,28,31). The zero-order valence-corrected chi connectivity index (χ0v) is 19.0. The number of ether oxygens (including phenoxy) is 2. The van der Waals surface area contributed by atoms with E-state index in [1.165, 1.54) is 0 Å². The van der Waals surface area contributed by atoms with Crippen molar-refractivity contribution in [3.8, 4) is 5.75 Å². The topological polar surface area (TPSA) is 88.1 Å². The lowest BCUT2D eigenvalue weighted by molar-refractivity contribution is -0.162. The average Bonchev–Trinajstić information content (AvgIpc) is 2.86. The summed E-state index contributed by atoms with van der Waals surface area (Å²) in [5, 5.41) is 13.0. The number of aliphatic hydroxyl groups is 1. The van der Waals surface area contributed by atoms with Crippen molar-refractivity contribution in [2.45, 2.75) is 25.1 Å². The third kappa shape index (κ3) is 5.62. The third-order valence-electron chi connectivity index (χ3n) is 5.89. The Labute approximate surface area is 198 Å². The summed E-state index contributed by atoms with van der Waals surface area (Å²) in [6.07, 6.45) is -0.182. The van der Waals surface area contributed by atoms with E-state index in [1.54, 1.807) is 24.1 Å². The van der Waals surface area contributed by atoms with Gasteiger partial charge in [-0.15, -0.1) is 0 Å². The molecule has 0 aromatic heterocycles. The quantitative estimate of drug-likeness (QED) is 0.538. The number of amides is 2. The Morgan fingerprint density at radius 2 is 1.74 bits per heavy atom. The molecule has 2 atom stereocenters. The highest BCUT2D eigenvalue weighted by atomic mass is 16.5. The Balaban J connectivity index is 1.43. The minimum absolute atomic E-state index is 0.0626. The number of nitrogens with one attached hydrogen (secondary N) is 1. The number of rotatable bonds is 8. The molecule has 1 saturated heterocycles. The van der Waals surface area contributed by atoms with Crippen LogP contribution in [0.1, 0.15) is 22.8 Å². The van der Waals surface area contributed by atoms with Crippen molar-refractivity contribution < 1.29 is 24.2 Å². The van der Waals surface area contributed by atoms with E-state index in [9.17, 15) is 14.7 Å². The molecule has 7 nitrogen and oxygen atoms in total. The summed E-state index contributed by atoms with van der Waals surface area (Å²) in [5.74, 6) is 0.470. The van der Waals surface area contributed by atoms with Crippen LogP contribution in [0, 0.1) is 0 Å². The molecule has 1 aliphatic rings. The number of carbonyl (C=O) groups is 2. The maximum absolute atomic E-state index is 12.6. The second-order valence-electron chi connectivity index (χ2n) is 8.18. The molecule has 0 spiro atoms. The van der Waals surface area contributed by atoms with Gasteiger partial charge in [-0.05, 0) is 41.0 Å². The van der Waals surface area contributed by atoms with E-state index in [4.69, 9.17) is 9.47 Å². The number of anilines is 1. The summed E-state index contributed by atoms with van der Waals surface area (Å²) in [6, 6.07) is 23.8. The Bertz CT molecular complexity index is 1100. The lowest BCUT2D eigenvalue weighted by Gasteiger charge is -2.40. The van der Waals surface area contributed by atoms with Crippen molar-refractivity contribution in [2.75, 3.05) is 25.6 Å². The van der Waals surface area contributed by atoms with Gasteiger partial charge < -0.3 is 24.8 Å². The molecule has 176 valence electrons. The van der Waals surface area contributed by atoms with Crippen LogP contribution >= 0.6 is 0 Å². The van der Waals surface area contributed by atoms with Gasteiger partial charge in [0.2, 0.25) is 11.8 Å². The molecule has 4 rings (SSSR count). The van der Waals surface area contributed by atoms with Gasteiger partial charge in [-0.1, -0.05) is 54.6 Å². The average molecular weight is 461 g/mol. The first-order valence-corrected chi connectivity index (χ1v) is 11.2. The van der Waals surface area contributed by atoms with E-state index in [0.29, 0.717) is 18.7 Å². The van der Waals surface area contributed by atoms with Crippen molar-refractivity contribution in [3.63, 3.8) is 0 Å². The van der Waals surface area contributed by atoms with E-state index in [1.807, 2.05) is 66.7 Å². The van der Waals surface area contributed by atoms with Gasteiger partial charge in [-0.2, -0.15) is 0 Å². The van der Waals surface area contributed by atoms with Gasteiger partial charge in [-0.3, -0.25) is 9.59 Å². The minimum atomic E-state index is -0.526. The Hall–Kier alpha value is -3.68. The highest BCUT2D eigenvalue weighted by molar-refractivity contribution is 5.92. The van der Waals surface area contributed by atoms with Crippen molar-refractivity contribution in [2.24, 2.45) is 0 Å². The molecular formula is C27H28N2O5. The molecule has 0 aliphatic carbocycles. The first kappa shape index (κ1) is 23.5. The zero-order chi connectivity index (χ0) is 23.9. The SMILES string of the molecule is COc1ccc(CN2C(=O)COC(c3ccc(NC(=O)Cc4ccccc4)cc3)C2CO)cc1. The Morgan fingerprint density at radius 1 is 1.03 bits per heavy atom. The molecule has 34 heavy (non-hydrogen) atoms. The lowest BCUT2D eigenvalue weighted by atomic mass is 9.98. The third-order valence-corrected chi connectivity index (χ3v) is 5.89. The zero-order valence-electron chi connectivity index (χ0n) is 19.0. The highest BCUT2D eigenvalue weighted by Crippen LogP contribution is 2.31. The maximum Gasteiger partial charge on any atom is 0.249 e. The van der Waals surface area contributed by atoms with Crippen LogP contribution in [0.3, 0.4) is 0 Å². The summed E-state index contributed by atoms with van der Waals surface area (Å²) < 4.78 is 11.0. The highest BCUT2D eigenvalue weighted by Gasteiger charge is 2.37. The number of hydrogen-bond donors (Lipinski definition) is 2. The summed E-state index contributed by atoms with van der Waals surface area (Å²) in [4.78, 5) is 26.6. The Kier molecular flexibility index (Phi) is 7.57. The first-order chi connectivity index (χ1) is 16.6. The van der Waals surface area contributed by atoms with Crippen molar-refractivity contribution in [3.05, 3.63) is 95.6 Å². The van der Waals surface area contributed by atoms with Gasteiger partial charge in [0.05, 0.1) is 26.2 Å². The smallest absolute Gasteiger partial charge is 0.249 e.